The molecule has 0 aromatic heterocycles. The molecule has 0 spiro atoms. The number of benzene rings is 1. The van der Waals surface area contributed by atoms with Gasteiger partial charge in [0.2, 0.25) is 0 Å². The maximum absolute atomic E-state index is 9.81. The topological polar surface area (TPSA) is 52.5 Å². The largest absolute Gasteiger partial charge is 0.508 e. The predicted molar refractivity (Wildman–Crippen MR) is 88.8 cm³/mol. The molecule has 1 unspecified atom stereocenters. The first-order valence-electron chi connectivity index (χ1n) is 8.40. The van der Waals surface area contributed by atoms with E-state index >= 15 is 0 Å². The van der Waals surface area contributed by atoms with Crippen LogP contribution in [0.3, 0.4) is 0 Å². The number of phenolic OH excluding ortho intramolecular Hbond substituents is 2. The van der Waals surface area contributed by atoms with Crippen LogP contribution in [-0.4, -0.2) is 16.8 Å². The zero-order valence-corrected chi connectivity index (χ0v) is 13.6. The van der Waals surface area contributed by atoms with Crippen molar-refractivity contribution >= 4 is 0 Å². The van der Waals surface area contributed by atoms with Crippen molar-refractivity contribution in [1.82, 2.24) is 5.32 Å². The molecule has 0 heterocycles. The monoisotopic (exact) mass is 293 g/mol. The molecule has 1 aromatic rings. The SMILES string of the molecule is CCCCCCCCCCNC(C)c1ccc(O)cc1O. The molecule has 1 aromatic carbocycles. The van der Waals surface area contributed by atoms with Crippen molar-refractivity contribution in [2.75, 3.05) is 6.54 Å². The molecule has 1 atom stereocenters. The van der Waals surface area contributed by atoms with E-state index in [0.29, 0.717) is 0 Å². The molecule has 0 aliphatic rings. The first-order chi connectivity index (χ1) is 10.1. The number of nitrogens with one attached hydrogen (secondary N) is 1. The predicted octanol–water partition coefficient (Wildman–Crippen LogP) is 4.89. The van der Waals surface area contributed by atoms with Gasteiger partial charge in [0.15, 0.2) is 0 Å². The maximum atomic E-state index is 9.81. The van der Waals surface area contributed by atoms with Gasteiger partial charge in [0.05, 0.1) is 0 Å². The summed E-state index contributed by atoms with van der Waals surface area (Å²) in [6.07, 6.45) is 10.6. The van der Waals surface area contributed by atoms with Crippen LogP contribution in [0, 0.1) is 0 Å². The van der Waals surface area contributed by atoms with E-state index in [0.717, 1.165) is 12.1 Å². The Kier molecular flexibility index (Phi) is 8.91. The fourth-order valence-corrected chi connectivity index (χ4v) is 2.59. The summed E-state index contributed by atoms with van der Waals surface area (Å²) < 4.78 is 0. The van der Waals surface area contributed by atoms with Gasteiger partial charge in [-0.05, 0) is 26.0 Å². The number of aromatic hydroxyl groups is 2. The van der Waals surface area contributed by atoms with Gasteiger partial charge in [0, 0.05) is 17.7 Å². The summed E-state index contributed by atoms with van der Waals surface area (Å²) in [7, 11) is 0. The average Bonchev–Trinajstić information content (AvgIpc) is 2.45. The second-order valence-corrected chi connectivity index (χ2v) is 5.89. The third-order valence-electron chi connectivity index (χ3n) is 3.96. The number of hydrogen-bond donors (Lipinski definition) is 3. The number of unbranched alkanes of at least 4 members (excludes halogenated alkanes) is 7. The zero-order valence-electron chi connectivity index (χ0n) is 13.6. The quantitative estimate of drug-likeness (QED) is 0.509. The van der Waals surface area contributed by atoms with Crippen molar-refractivity contribution in [1.29, 1.82) is 0 Å². The highest BCUT2D eigenvalue weighted by Crippen LogP contribution is 2.27. The van der Waals surface area contributed by atoms with Crippen LogP contribution in [0.2, 0.25) is 0 Å². The first kappa shape index (κ1) is 17.8. The summed E-state index contributed by atoms with van der Waals surface area (Å²) in [6.45, 7) is 5.26. The minimum absolute atomic E-state index is 0.103. The lowest BCUT2D eigenvalue weighted by molar-refractivity contribution is 0.434. The van der Waals surface area contributed by atoms with E-state index in [1.54, 1.807) is 12.1 Å². The number of hydrogen-bond acceptors (Lipinski definition) is 3. The van der Waals surface area contributed by atoms with Crippen LogP contribution < -0.4 is 5.32 Å². The molecule has 0 amide bonds. The Balaban J connectivity index is 2.09. The Bertz CT molecular complexity index is 393. The lowest BCUT2D eigenvalue weighted by Gasteiger charge is -2.15. The lowest BCUT2D eigenvalue weighted by atomic mass is 10.1. The van der Waals surface area contributed by atoms with E-state index in [1.807, 2.05) is 6.92 Å². The van der Waals surface area contributed by atoms with Crippen molar-refractivity contribution < 1.29 is 10.2 Å². The van der Waals surface area contributed by atoms with E-state index in [1.165, 1.54) is 57.4 Å². The Morgan fingerprint density at radius 1 is 0.952 bits per heavy atom. The molecular weight excluding hydrogens is 262 g/mol. The molecule has 21 heavy (non-hydrogen) atoms. The molecule has 3 heteroatoms. The minimum Gasteiger partial charge on any atom is -0.508 e. The maximum Gasteiger partial charge on any atom is 0.124 e. The number of rotatable bonds is 11. The van der Waals surface area contributed by atoms with Gasteiger partial charge in [-0.1, -0.05) is 57.9 Å². The molecule has 3 nitrogen and oxygen atoms in total. The third kappa shape index (κ3) is 7.37. The molecule has 0 bridgehead atoms. The second kappa shape index (κ2) is 10.5. The molecular formula is C18H31NO2. The number of phenols is 2. The molecule has 0 radical (unpaired) electrons. The van der Waals surface area contributed by atoms with Crippen LogP contribution in [-0.2, 0) is 0 Å². The summed E-state index contributed by atoms with van der Waals surface area (Å²) in [5.41, 5.74) is 0.840. The summed E-state index contributed by atoms with van der Waals surface area (Å²) >= 11 is 0. The van der Waals surface area contributed by atoms with Gasteiger partial charge in [-0.3, -0.25) is 0 Å². The lowest BCUT2D eigenvalue weighted by Crippen LogP contribution is -2.19. The van der Waals surface area contributed by atoms with Crippen LogP contribution >= 0.6 is 0 Å². The van der Waals surface area contributed by atoms with Gasteiger partial charge in [0.1, 0.15) is 11.5 Å². The molecule has 0 fully saturated rings. The van der Waals surface area contributed by atoms with E-state index < -0.39 is 0 Å². The Morgan fingerprint density at radius 3 is 2.19 bits per heavy atom. The molecule has 0 aliphatic heterocycles. The summed E-state index contributed by atoms with van der Waals surface area (Å²) in [6, 6.07) is 4.89. The van der Waals surface area contributed by atoms with Crippen LogP contribution in [0.1, 0.15) is 76.8 Å². The molecule has 120 valence electrons. The molecule has 0 saturated heterocycles. The van der Waals surface area contributed by atoms with Gasteiger partial charge in [-0.25, -0.2) is 0 Å². The van der Waals surface area contributed by atoms with Gasteiger partial charge in [-0.2, -0.15) is 0 Å². The fraction of sp³-hybridized carbons (Fsp3) is 0.667. The highest BCUT2D eigenvalue weighted by Gasteiger charge is 2.09. The van der Waals surface area contributed by atoms with E-state index in [9.17, 15) is 10.2 Å². The first-order valence-corrected chi connectivity index (χ1v) is 8.40. The van der Waals surface area contributed by atoms with Crippen LogP contribution in [0.4, 0.5) is 0 Å². The zero-order chi connectivity index (χ0) is 15.5. The Hall–Kier alpha value is -1.22. The van der Waals surface area contributed by atoms with Gasteiger partial charge in [0.25, 0.3) is 0 Å². The van der Waals surface area contributed by atoms with Crippen molar-refractivity contribution in [3.8, 4) is 11.5 Å². The second-order valence-electron chi connectivity index (χ2n) is 5.89. The van der Waals surface area contributed by atoms with Crippen LogP contribution in [0.15, 0.2) is 18.2 Å². The van der Waals surface area contributed by atoms with E-state index in [4.69, 9.17) is 0 Å². The van der Waals surface area contributed by atoms with Crippen LogP contribution in [0.25, 0.3) is 0 Å². The highest BCUT2D eigenvalue weighted by molar-refractivity contribution is 5.40. The van der Waals surface area contributed by atoms with Gasteiger partial charge >= 0.3 is 0 Å². The van der Waals surface area contributed by atoms with E-state index in [2.05, 4.69) is 12.2 Å². The normalized spacial score (nSPS) is 12.5. The van der Waals surface area contributed by atoms with Gasteiger partial charge in [-0.15, -0.1) is 0 Å². The third-order valence-corrected chi connectivity index (χ3v) is 3.96. The molecule has 0 aliphatic carbocycles. The fourth-order valence-electron chi connectivity index (χ4n) is 2.59. The standard InChI is InChI=1S/C18H31NO2/c1-3-4-5-6-7-8-9-10-13-19-15(2)17-12-11-16(20)14-18(17)21/h11-12,14-15,19-21H,3-10,13H2,1-2H3. The van der Waals surface area contributed by atoms with Crippen molar-refractivity contribution in [3.05, 3.63) is 23.8 Å². The summed E-state index contributed by atoms with van der Waals surface area (Å²) in [4.78, 5) is 0. The van der Waals surface area contributed by atoms with Crippen molar-refractivity contribution in [2.24, 2.45) is 0 Å². The summed E-state index contributed by atoms with van der Waals surface area (Å²) in [5, 5.41) is 22.5. The summed E-state index contributed by atoms with van der Waals surface area (Å²) in [5.74, 6) is 0.262. The van der Waals surface area contributed by atoms with Crippen molar-refractivity contribution in [2.45, 2.75) is 71.3 Å². The van der Waals surface area contributed by atoms with Crippen molar-refractivity contribution in [3.63, 3.8) is 0 Å². The van der Waals surface area contributed by atoms with E-state index in [-0.39, 0.29) is 17.5 Å². The highest BCUT2D eigenvalue weighted by atomic mass is 16.3. The smallest absolute Gasteiger partial charge is 0.124 e. The molecule has 0 saturated carbocycles. The van der Waals surface area contributed by atoms with Crippen LogP contribution in [0.5, 0.6) is 11.5 Å². The Morgan fingerprint density at radius 2 is 1.57 bits per heavy atom. The molecule has 3 N–H and O–H groups in total. The minimum atomic E-state index is 0.103. The molecule has 1 rings (SSSR count). The Labute approximate surface area is 129 Å². The van der Waals surface area contributed by atoms with Gasteiger partial charge < -0.3 is 15.5 Å². The average molecular weight is 293 g/mol.